The normalized spacial score (nSPS) is 23.2. The molecule has 3 rings (SSSR count). The first-order chi connectivity index (χ1) is 8.83. The number of ether oxygens (including phenoxy) is 2. The van der Waals surface area contributed by atoms with Crippen LogP contribution in [0.1, 0.15) is 0 Å². The number of hydrogen-bond acceptors (Lipinski definition) is 4. The van der Waals surface area contributed by atoms with Gasteiger partial charge in [0.2, 0.25) is 0 Å². The summed E-state index contributed by atoms with van der Waals surface area (Å²) < 4.78 is 12.8. The van der Waals surface area contributed by atoms with Gasteiger partial charge in [-0.3, -0.25) is 0 Å². The van der Waals surface area contributed by atoms with E-state index in [0.29, 0.717) is 19.0 Å². The number of nitrogens with two attached hydrogens (primary N) is 1. The molecule has 2 heterocycles. The summed E-state index contributed by atoms with van der Waals surface area (Å²) in [5.41, 5.74) is 6.87. The molecule has 1 fully saturated rings. The molecule has 0 radical (unpaired) electrons. The van der Waals surface area contributed by atoms with Gasteiger partial charge < -0.3 is 15.2 Å². The highest BCUT2D eigenvalue weighted by atomic mass is 16.5. The summed E-state index contributed by atoms with van der Waals surface area (Å²) in [5.74, 6) is 0.713. The third-order valence-corrected chi connectivity index (χ3v) is 2.94. The topological polar surface area (TPSA) is 62.3 Å². The van der Waals surface area contributed by atoms with E-state index in [-0.39, 0.29) is 12.1 Å². The van der Waals surface area contributed by atoms with Crippen molar-refractivity contribution in [2.45, 2.75) is 12.1 Å². The minimum Gasteiger partial charge on any atom is -0.483 e. The van der Waals surface area contributed by atoms with Crippen molar-refractivity contribution in [2.75, 3.05) is 13.2 Å². The van der Waals surface area contributed by atoms with Gasteiger partial charge in [0.05, 0.1) is 37.3 Å². The minimum absolute atomic E-state index is 0.0647. The maximum Gasteiger partial charge on any atom is 0.158 e. The lowest BCUT2D eigenvalue weighted by Gasteiger charge is -2.13. The van der Waals surface area contributed by atoms with Gasteiger partial charge in [-0.15, -0.1) is 0 Å². The lowest BCUT2D eigenvalue weighted by Crippen LogP contribution is -2.37. The van der Waals surface area contributed by atoms with E-state index in [4.69, 9.17) is 15.2 Å². The molecular weight excluding hydrogens is 230 g/mol. The molecule has 1 aromatic carbocycles. The highest BCUT2D eigenvalue weighted by molar-refractivity contribution is 5.32. The maximum absolute atomic E-state index is 5.87. The second kappa shape index (κ2) is 4.80. The Morgan fingerprint density at radius 3 is 2.83 bits per heavy atom. The lowest BCUT2D eigenvalue weighted by atomic mass is 10.2. The molecule has 0 amide bonds. The van der Waals surface area contributed by atoms with Crippen molar-refractivity contribution in [3.05, 3.63) is 42.7 Å². The number of hydrogen-bond donors (Lipinski definition) is 1. The molecule has 0 spiro atoms. The zero-order valence-corrected chi connectivity index (χ0v) is 9.90. The second-order valence-corrected chi connectivity index (χ2v) is 4.31. The summed E-state index contributed by atoms with van der Waals surface area (Å²) in [7, 11) is 0. The molecule has 1 saturated heterocycles. The first kappa shape index (κ1) is 11.3. The maximum atomic E-state index is 5.87. The number of para-hydroxylation sites is 1. The van der Waals surface area contributed by atoms with Crippen molar-refractivity contribution in [1.29, 1.82) is 0 Å². The quantitative estimate of drug-likeness (QED) is 0.875. The fourth-order valence-electron chi connectivity index (χ4n) is 1.94. The van der Waals surface area contributed by atoms with Crippen molar-refractivity contribution >= 4 is 0 Å². The first-order valence-corrected chi connectivity index (χ1v) is 5.93. The fraction of sp³-hybridized carbons (Fsp3) is 0.308. The van der Waals surface area contributed by atoms with Gasteiger partial charge in [-0.1, -0.05) is 18.2 Å². The van der Waals surface area contributed by atoms with Gasteiger partial charge >= 0.3 is 0 Å². The summed E-state index contributed by atoms with van der Waals surface area (Å²) in [6.07, 6.45) is 3.46. The van der Waals surface area contributed by atoms with Crippen LogP contribution in [-0.4, -0.2) is 35.1 Å². The standard InChI is InChI=1S/C13H15N3O2/c14-12-8-17-9-13(12)18-11-6-15-16(7-11)10-4-2-1-3-5-10/h1-7,12-13H,8-9,14H2/t12-,13+/m1/s1. The minimum atomic E-state index is -0.0848. The Balaban J connectivity index is 1.74. The SMILES string of the molecule is N[C@@H]1COC[C@@H]1Oc1cnn(-c2ccccc2)c1. The predicted octanol–water partition coefficient (Wildman–Crippen LogP) is 0.977. The van der Waals surface area contributed by atoms with Gasteiger partial charge in [0.15, 0.2) is 5.75 Å². The molecule has 5 nitrogen and oxygen atoms in total. The van der Waals surface area contributed by atoms with Gasteiger partial charge in [-0.25, -0.2) is 4.68 Å². The Hall–Kier alpha value is -1.85. The van der Waals surface area contributed by atoms with Gasteiger partial charge in [-0.2, -0.15) is 5.10 Å². The van der Waals surface area contributed by atoms with E-state index >= 15 is 0 Å². The third kappa shape index (κ3) is 2.23. The molecule has 2 aromatic rings. The van der Waals surface area contributed by atoms with Crippen LogP contribution in [0.25, 0.3) is 5.69 Å². The Labute approximate surface area is 105 Å². The summed E-state index contributed by atoms with van der Waals surface area (Å²) in [6.45, 7) is 1.09. The van der Waals surface area contributed by atoms with Gasteiger partial charge in [0, 0.05) is 0 Å². The molecule has 0 aliphatic carbocycles. The van der Waals surface area contributed by atoms with E-state index in [1.807, 2.05) is 36.5 Å². The molecule has 1 aliphatic heterocycles. The van der Waals surface area contributed by atoms with Crippen LogP contribution in [0.2, 0.25) is 0 Å². The van der Waals surface area contributed by atoms with Crippen LogP contribution >= 0.6 is 0 Å². The average molecular weight is 245 g/mol. The molecule has 2 N–H and O–H groups in total. The molecule has 18 heavy (non-hydrogen) atoms. The van der Waals surface area contributed by atoms with Crippen LogP contribution in [0.4, 0.5) is 0 Å². The molecule has 94 valence electrons. The van der Waals surface area contributed by atoms with Crippen LogP contribution < -0.4 is 10.5 Å². The smallest absolute Gasteiger partial charge is 0.158 e. The molecule has 0 bridgehead atoms. The third-order valence-electron chi connectivity index (χ3n) is 2.94. The van der Waals surface area contributed by atoms with Crippen molar-refractivity contribution in [3.63, 3.8) is 0 Å². The van der Waals surface area contributed by atoms with Gasteiger partial charge in [-0.05, 0) is 12.1 Å². The highest BCUT2D eigenvalue weighted by Crippen LogP contribution is 2.17. The molecule has 5 heteroatoms. The first-order valence-electron chi connectivity index (χ1n) is 5.93. The molecule has 2 atom stereocenters. The average Bonchev–Trinajstić information content (AvgIpc) is 3.02. The summed E-state index contributed by atoms with van der Waals surface area (Å²) in [5, 5.41) is 4.26. The summed E-state index contributed by atoms with van der Waals surface area (Å²) in [6, 6.07) is 9.82. The van der Waals surface area contributed by atoms with E-state index in [9.17, 15) is 0 Å². The number of aromatic nitrogens is 2. The van der Waals surface area contributed by atoms with Crippen LogP contribution in [0.3, 0.4) is 0 Å². The van der Waals surface area contributed by atoms with Gasteiger partial charge in [0.25, 0.3) is 0 Å². The van der Waals surface area contributed by atoms with E-state index < -0.39 is 0 Å². The van der Waals surface area contributed by atoms with Gasteiger partial charge in [0.1, 0.15) is 6.10 Å². The fourth-order valence-corrected chi connectivity index (χ4v) is 1.94. The number of rotatable bonds is 3. The van der Waals surface area contributed by atoms with E-state index in [1.54, 1.807) is 10.9 Å². The number of nitrogens with zero attached hydrogens (tertiary/aromatic N) is 2. The predicted molar refractivity (Wildman–Crippen MR) is 66.8 cm³/mol. The van der Waals surface area contributed by atoms with Crippen molar-refractivity contribution in [3.8, 4) is 11.4 Å². The zero-order chi connectivity index (χ0) is 12.4. The molecule has 1 aliphatic rings. The monoisotopic (exact) mass is 245 g/mol. The molecule has 0 saturated carbocycles. The summed E-state index contributed by atoms with van der Waals surface area (Å²) >= 11 is 0. The van der Waals surface area contributed by atoms with E-state index in [2.05, 4.69) is 5.10 Å². The number of benzene rings is 1. The highest BCUT2D eigenvalue weighted by Gasteiger charge is 2.26. The second-order valence-electron chi connectivity index (χ2n) is 4.31. The Bertz CT molecular complexity index is 512. The Kier molecular flexibility index (Phi) is 3.00. The van der Waals surface area contributed by atoms with Crippen LogP contribution in [0.15, 0.2) is 42.7 Å². The Morgan fingerprint density at radius 1 is 1.28 bits per heavy atom. The zero-order valence-electron chi connectivity index (χ0n) is 9.90. The molecule has 1 aromatic heterocycles. The van der Waals surface area contributed by atoms with E-state index in [1.165, 1.54) is 0 Å². The lowest BCUT2D eigenvalue weighted by molar-refractivity contribution is 0.140. The van der Waals surface area contributed by atoms with Crippen molar-refractivity contribution < 1.29 is 9.47 Å². The Morgan fingerprint density at radius 2 is 2.11 bits per heavy atom. The summed E-state index contributed by atoms with van der Waals surface area (Å²) in [4.78, 5) is 0. The van der Waals surface area contributed by atoms with Crippen molar-refractivity contribution in [1.82, 2.24) is 9.78 Å². The van der Waals surface area contributed by atoms with Crippen LogP contribution in [-0.2, 0) is 4.74 Å². The van der Waals surface area contributed by atoms with Crippen molar-refractivity contribution in [2.24, 2.45) is 5.73 Å². The van der Waals surface area contributed by atoms with E-state index in [0.717, 1.165) is 5.69 Å². The van der Waals surface area contributed by atoms with Crippen LogP contribution in [0.5, 0.6) is 5.75 Å². The largest absolute Gasteiger partial charge is 0.483 e. The molecule has 0 unspecified atom stereocenters. The van der Waals surface area contributed by atoms with Crippen LogP contribution in [0, 0.1) is 0 Å². The molecular formula is C13H15N3O2.